The topological polar surface area (TPSA) is 64.3 Å². The maximum absolute atomic E-state index is 11.6. The second-order valence-corrected chi connectivity index (χ2v) is 4.43. The molecule has 6 heteroatoms. The molecule has 1 heterocycles. The summed E-state index contributed by atoms with van der Waals surface area (Å²) in [6.45, 7) is 2.03. The van der Waals surface area contributed by atoms with Crippen molar-refractivity contribution < 1.29 is 9.53 Å². The van der Waals surface area contributed by atoms with Crippen molar-refractivity contribution in [3.8, 4) is 5.75 Å². The number of ether oxygens (including phenoxy) is 1. The van der Waals surface area contributed by atoms with E-state index in [0.717, 1.165) is 0 Å². The Morgan fingerprint density at radius 1 is 1.50 bits per heavy atom. The number of anilines is 2. The predicted molar refractivity (Wildman–Crippen MR) is 64.2 cm³/mol. The van der Waals surface area contributed by atoms with Crippen molar-refractivity contribution in [3.05, 3.63) is 16.1 Å². The third kappa shape index (κ3) is 1.79. The summed E-state index contributed by atoms with van der Waals surface area (Å²) in [6.07, 6.45) is 0. The molecule has 1 aliphatic heterocycles. The summed E-state index contributed by atoms with van der Waals surface area (Å²) < 4.78 is 5.44. The first kappa shape index (κ1) is 11.4. The number of carbonyl (C=O) groups is 1. The number of nitrogens with one attached hydrogen (secondary N) is 1. The Morgan fingerprint density at radius 3 is 2.88 bits per heavy atom. The number of carbonyl (C=O) groups excluding carboxylic acids is 1. The van der Waals surface area contributed by atoms with Gasteiger partial charge in [-0.3, -0.25) is 4.79 Å². The van der Waals surface area contributed by atoms with Crippen LogP contribution in [0, 0.1) is 5.92 Å². The van der Waals surface area contributed by atoms with Crippen LogP contribution in [0.4, 0.5) is 11.4 Å². The predicted octanol–water partition coefficient (Wildman–Crippen LogP) is 2.54. The Labute approximate surface area is 103 Å². The highest BCUT2D eigenvalue weighted by molar-refractivity contribution is 6.45. The van der Waals surface area contributed by atoms with E-state index in [4.69, 9.17) is 33.7 Å². The van der Waals surface area contributed by atoms with Crippen molar-refractivity contribution in [2.75, 3.05) is 17.7 Å². The standard InChI is InChI=1S/C10H10Cl2N2O2/c1-4-3-16-9-6(14-10(4)15)2-5(13)7(11)8(9)12/h2,4H,3,13H2,1H3,(H,14,15). The molecule has 1 unspecified atom stereocenters. The number of hydrogen-bond acceptors (Lipinski definition) is 3. The van der Waals surface area contributed by atoms with E-state index < -0.39 is 0 Å². The summed E-state index contributed by atoms with van der Waals surface area (Å²) in [6, 6.07) is 1.54. The van der Waals surface area contributed by atoms with Gasteiger partial charge in [-0.15, -0.1) is 0 Å². The van der Waals surface area contributed by atoms with Gasteiger partial charge in [0.2, 0.25) is 5.91 Å². The van der Waals surface area contributed by atoms with Crippen LogP contribution in [-0.4, -0.2) is 12.5 Å². The van der Waals surface area contributed by atoms with Crippen LogP contribution in [0.5, 0.6) is 5.75 Å². The SMILES string of the molecule is CC1COc2c(cc(N)c(Cl)c2Cl)NC1=O. The Morgan fingerprint density at radius 2 is 2.19 bits per heavy atom. The molecular weight excluding hydrogens is 251 g/mol. The second kappa shape index (κ2) is 4.03. The van der Waals surface area contributed by atoms with Gasteiger partial charge in [0, 0.05) is 0 Å². The fraction of sp³-hybridized carbons (Fsp3) is 0.300. The number of nitrogen functional groups attached to an aromatic ring is 1. The minimum absolute atomic E-state index is 0.128. The average molecular weight is 261 g/mol. The van der Waals surface area contributed by atoms with Crippen molar-refractivity contribution in [1.29, 1.82) is 0 Å². The number of fused-ring (bicyclic) bond motifs is 1. The van der Waals surface area contributed by atoms with E-state index in [2.05, 4.69) is 5.32 Å². The Hall–Kier alpha value is -1.13. The monoisotopic (exact) mass is 260 g/mol. The van der Waals surface area contributed by atoms with Gasteiger partial charge in [0.25, 0.3) is 0 Å². The highest BCUT2D eigenvalue weighted by Gasteiger charge is 2.24. The van der Waals surface area contributed by atoms with Crippen LogP contribution in [0.1, 0.15) is 6.92 Å². The molecule has 0 saturated carbocycles. The fourth-order valence-corrected chi connectivity index (χ4v) is 1.81. The molecule has 0 radical (unpaired) electrons. The maximum atomic E-state index is 11.6. The minimum atomic E-state index is -0.247. The lowest BCUT2D eigenvalue weighted by Gasteiger charge is -2.11. The van der Waals surface area contributed by atoms with Gasteiger partial charge in [-0.1, -0.05) is 30.1 Å². The Bertz CT molecular complexity index is 463. The number of halogens is 2. The van der Waals surface area contributed by atoms with Crippen LogP contribution in [0.25, 0.3) is 0 Å². The zero-order valence-electron chi connectivity index (χ0n) is 8.51. The highest BCUT2D eigenvalue weighted by Crippen LogP contribution is 2.43. The summed E-state index contributed by atoms with van der Waals surface area (Å²) in [4.78, 5) is 11.6. The molecule has 1 atom stereocenters. The van der Waals surface area contributed by atoms with E-state index in [1.807, 2.05) is 0 Å². The van der Waals surface area contributed by atoms with Crippen LogP contribution < -0.4 is 15.8 Å². The van der Waals surface area contributed by atoms with E-state index in [1.165, 1.54) is 0 Å². The average Bonchev–Trinajstić information content (AvgIpc) is 2.37. The quantitative estimate of drug-likeness (QED) is 0.705. The fourth-order valence-electron chi connectivity index (χ4n) is 1.40. The van der Waals surface area contributed by atoms with Crippen molar-refractivity contribution in [2.24, 2.45) is 5.92 Å². The molecule has 0 saturated heterocycles. The zero-order chi connectivity index (χ0) is 11.9. The van der Waals surface area contributed by atoms with Gasteiger partial charge in [0.1, 0.15) is 5.02 Å². The molecule has 4 nitrogen and oxygen atoms in total. The number of nitrogens with two attached hydrogens (primary N) is 1. The van der Waals surface area contributed by atoms with Crippen molar-refractivity contribution >= 4 is 40.5 Å². The largest absolute Gasteiger partial charge is 0.489 e. The van der Waals surface area contributed by atoms with Gasteiger partial charge in [-0.25, -0.2) is 0 Å². The van der Waals surface area contributed by atoms with Gasteiger partial charge >= 0.3 is 0 Å². The van der Waals surface area contributed by atoms with Crippen LogP contribution in [0.15, 0.2) is 6.07 Å². The van der Waals surface area contributed by atoms with E-state index in [9.17, 15) is 4.79 Å². The molecule has 0 spiro atoms. The van der Waals surface area contributed by atoms with Crippen LogP contribution in [0.3, 0.4) is 0 Å². The van der Waals surface area contributed by atoms with E-state index in [0.29, 0.717) is 17.1 Å². The number of benzene rings is 1. The molecule has 0 aromatic heterocycles. The number of amides is 1. The zero-order valence-corrected chi connectivity index (χ0v) is 10.0. The number of hydrogen-bond donors (Lipinski definition) is 2. The van der Waals surface area contributed by atoms with Crippen LogP contribution in [-0.2, 0) is 4.79 Å². The lowest BCUT2D eigenvalue weighted by molar-refractivity contribution is -0.119. The maximum Gasteiger partial charge on any atom is 0.230 e. The van der Waals surface area contributed by atoms with Crippen LogP contribution in [0.2, 0.25) is 10.0 Å². The summed E-state index contributed by atoms with van der Waals surface area (Å²) in [5.41, 5.74) is 6.42. The minimum Gasteiger partial charge on any atom is -0.489 e. The van der Waals surface area contributed by atoms with E-state index in [-0.39, 0.29) is 28.5 Å². The second-order valence-electron chi connectivity index (χ2n) is 3.67. The Balaban J connectivity index is 2.54. The van der Waals surface area contributed by atoms with Crippen LogP contribution >= 0.6 is 23.2 Å². The Kier molecular flexibility index (Phi) is 2.86. The first-order valence-electron chi connectivity index (χ1n) is 4.72. The van der Waals surface area contributed by atoms with Gasteiger partial charge in [-0.05, 0) is 6.07 Å². The molecule has 1 aromatic carbocycles. The molecule has 86 valence electrons. The molecule has 1 aliphatic rings. The molecule has 0 fully saturated rings. The summed E-state index contributed by atoms with van der Waals surface area (Å²) in [5.74, 6) is -0.00132. The molecular formula is C10H10Cl2N2O2. The number of rotatable bonds is 0. The molecule has 0 aliphatic carbocycles. The normalized spacial score (nSPS) is 19.4. The molecule has 3 N–H and O–H groups in total. The van der Waals surface area contributed by atoms with Gasteiger partial charge in [-0.2, -0.15) is 0 Å². The lowest BCUT2D eigenvalue weighted by Crippen LogP contribution is -2.22. The van der Waals surface area contributed by atoms with Gasteiger partial charge < -0.3 is 15.8 Å². The summed E-state index contributed by atoms with van der Waals surface area (Å²) >= 11 is 11.9. The first-order chi connectivity index (χ1) is 7.50. The molecule has 1 aromatic rings. The van der Waals surface area contributed by atoms with Crippen molar-refractivity contribution in [3.63, 3.8) is 0 Å². The lowest BCUT2D eigenvalue weighted by atomic mass is 10.2. The summed E-state index contributed by atoms with van der Waals surface area (Å²) in [5, 5.41) is 3.16. The van der Waals surface area contributed by atoms with Crippen molar-refractivity contribution in [1.82, 2.24) is 0 Å². The highest BCUT2D eigenvalue weighted by atomic mass is 35.5. The van der Waals surface area contributed by atoms with E-state index in [1.54, 1.807) is 13.0 Å². The van der Waals surface area contributed by atoms with E-state index >= 15 is 0 Å². The molecule has 16 heavy (non-hydrogen) atoms. The molecule has 2 rings (SSSR count). The molecule has 0 bridgehead atoms. The molecule has 1 amide bonds. The third-order valence-electron chi connectivity index (χ3n) is 2.37. The van der Waals surface area contributed by atoms with Gasteiger partial charge in [0.15, 0.2) is 5.75 Å². The smallest absolute Gasteiger partial charge is 0.230 e. The third-order valence-corrected chi connectivity index (χ3v) is 3.24. The summed E-state index contributed by atoms with van der Waals surface area (Å²) in [7, 11) is 0. The first-order valence-corrected chi connectivity index (χ1v) is 5.47. The van der Waals surface area contributed by atoms with Crippen molar-refractivity contribution in [2.45, 2.75) is 6.92 Å². The van der Waals surface area contributed by atoms with Gasteiger partial charge in [0.05, 0.1) is 28.9 Å².